The maximum Gasteiger partial charge on any atom is 0.377 e. The van der Waals surface area contributed by atoms with Crippen molar-refractivity contribution in [1.82, 2.24) is 0 Å². The molecule has 1 unspecified atom stereocenters. The van der Waals surface area contributed by atoms with Gasteiger partial charge < -0.3 is 13.9 Å². The minimum absolute atomic E-state index is 0.338. The molecular weight excluding hydrogens is 243 g/mol. The Balaban J connectivity index is 2.93. The molecule has 0 saturated carbocycles. The third-order valence-electron chi connectivity index (χ3n) is 1.53. The van der Waals surface area contributed by atoms with Crippen molar-refractivity contribution in [2.75, 3.05) is 7.11 Å². The van der Waals surface area contributed by atoms with E-state index in [0.29, 0.717) is 10.8 Å². The van der Waals surface area contributed by atoms with E-state index >= 15 is 0 Å². The summed E-state index contributed by atoms with van der Waals surface area (Å²) in [6.45, 7) is -1.28. The van der Waals surface area contributed by atoms with Gasteiger partial charge in [-0.3, -0.25) is 0 Å². The van der Waals surface area contributed by atoms with Crippen LogP contribution in [-0.2, 0) is 16.3 Å². The van der Waals surface area contributed by atoms with Gasteiger partial charge in [0.15, 0.2) is 0 Å². The van der Waals surface area contributed by atoms with Crippen LogP contribution in [0.5, 0.6) is 5.75 Å². The van der Waals surface area contributed by atoms with E-state index in [-0.39, 0.29) is 0 Å². The van der Waals surface area contributed by atoms with E-state index in [2.05, 4.69) is 16.3 Å². The van der Waals surface area contributed by atoms with Gasteiger partial charge in [0.2, 0.25) is 0 Å². The third kappa shape index (κ3) is 3.23. The number of halogens is 1. The van der Waals surface area contributed by atoms with Crippen molar-refractivity contribution in [1.29, 1.82) is 0 Å². The lowest BCUT2D eigenvalue weighted by atomic mass is 10.2. The van der Waals surface area contributed by atoms with E-state index in [1.54, 1.807) is 12.1 Å². The van der Waals surface area contributed by atoms with E-state index in [1.165, 1.54) is 7.11 Å². The SMILES string of the molecule is COP(O)(=S)Oc1ccc(C)cc1Cl. The first kappa shape index (κ1) is 12.0. The molecule has 0 spiro atoms. The maximum absolute atomic E-state index is 9.39. The van der Waals surface area contributed by atoms with Crippen molar-refractivity contribution in [3.05, 3.63) is 28.8 Å². The van der Waals surface area contributed by atoms with E-state index in [9.17, 15) is 4.89 Å². The Morgan fingerprint density at radius 3 is 2.64 bits per heavy atom. The molecule has 1 aromatic rings. The summed E-state index contributed by atoms with van der Waals surface area (Å²) in [6, 6.07) is 5.18. The average molecular weight is 253 g/mol. The Bertz CT molecular complexity index is 383. The number of aryl methyl sites for hydroxylation is 1. The summed E-state index contributed by atoms with van der Waals surface area (Å²) < 4.78 is 9.69. The highest BCUT2D eigenvalue weighted by atomic mass is 35.5. The summed E-state index contributed by atoms with van der Waals surface area (Å²) in [7, 11) is 1.29. The molecular formula is C8H10ClO3PS. The molecule has 0 heterocycles. The van der Waals surface area contributed by atoms with Gasteiger partial charge in [-0.05, 0) is 24.6 Å². The Morgan fingerprint density at radius 2 is 2.14 bits per heavy atom. The zero-order valence-corrected chi connectivity index (χ0v) is 10.2. The van der Waals surface area contributed by atoms with Gasteiger partial charge in [-0.25, -0.2) is 0 Å². The molecule has 78 valence electrons. The Labute approximate surface area is 92.9 Å². The predicted molar refractivity (Wildman–Crippen MR) is 60.3 cm³/mol. The average Bonchev–Trinajstić information content (AvgIpc) is 2.10. The second-order valence-corrected chi connectivity index (χ2v) is 5.95. The van der Waals surface area contributed by atoms with Crippen LogP contribution in [0.15, 0.2) is 18.2 Å². The first-order chi connectivity index (χ1) is 6.44. The number of rotatable bonds is 3. The number of hydrogen-bond acceptors (Lipinski definition) is 3. The van der Waals surface area contributed by atoms with Gasteiger partial charge in [0.1, 0.15) is 5.75 Å². The van der Waals surface area contributed by atoms with Crippen LogP contribution in [0.25, 0.3) is 0 Å². The molecule has 0 aromatic heterocycles. The second-order valence-electron chi connectivity index (χ2n) is 2.68. The summed E-state index contributed by atoms with van der Waals surface area (Å²) in [5.41, 5.74) is 1.01. The highest BCUT2D eigenvalue weighted by Gasteiger charge is 2.15. The van der Waals surface area contributed by atoms with Gasteiger partial charge >= 0.3 is 6.72 Å². The zero-order chi connectivity index (χ0) is 10.8. The van der Waals surface area contributed by atoms with Gasteiger partial charge in [0.05, 0.1) is 5.02 Å². The molecule has 0 saturated heterocycles. The fraction of sp³-hybridized carbons (Fsp3) is 0.250. The fourth-order valence-electron chi connectivity index (χ4n) is 0.841. The molecule has 1 aromatic carbocycles. The summed E-state index contributed by atoms with van der Waals surface area (Å²) in [6.07, 6.45) is 0. The van der Waals surface area contributed by atoms with Crippen molar-refractivity contribution in [2.45, 2.75) is 6.92 Å². The van der Waals surface area contributed by atoms with E-state index < -0.39 is 6.72 Å². The summed E-state index contributed by atoms with van der Waals surface area (Å²) in [4.78, 5) is 9.39. The van der Waals surface area contributed by atoms with Crippen LogP contribution in [0.1, 0.15) is 5.56 Å². The third-order valence-corrected chi connectivity index (χ3v) is 3.39. The lowest BCUT2D eigenvalue weighted by Gasteiger charge is -2.15. The number of benzene rings is 1. The second kappa shape index (κ2) is 4.60. The summed E-state index contributed by atoms with van der Waals surface area (Å²) >= 11 is 10.6. The highest BCUT2D eigenvalue weighted by Crippen LogP contribution is 2.45. The van der Waals surface area contributed by atoms with E-state index in [1.807, 2.05) is 13.0 Å². The predicted octanol–water partition coefficient (Wildman–Crippen LogP) is 2.89. The molecule has 0 bridgehead atoms. The van der Waals surface area contributed by atoms with Crippen LogP contribution >= 0.6 is 18.3 Å². The lowest BCUT2D eigenvalue weighted by Crippen LogP contribution is -1.94. The van der Waals surface area contributed by atoms with Crippen LogP contribution in [0.4, 0.5) is 0 Å². The Morgan fingerprint density at radius 1 is 1.50 bits per heavy atom. The van der Waals surface area contributed by atoms with Gasteiger partial charge in [-0.1, -0.05) is 17.7 Å². The largest absolute Gasteiger partial charge is 0.423 e. The molecule has 1 rings (SSSR count). The summed E-state index contributed by atoms with van der Waals surface area (Å²) in [5, 5.41) is 0.408. The molecule has 0 fully saturated rings. The molecule has 0 aliphatic heterocycles. The standard InChI is InChI=1S/C8H10ClO3PS/c1-6-3-4-8(7(9)5-6)12-13(10,14)11-2/h3-5H,1-2H3,(H,10,14). The Kier molecular flexibility index (Phi) is 3.93. The van der Waals surface area contributed by atoms with Crippen molar-refractivity contribution in [2.24, 2.45) is 0 Å². The lowest BCUT2D eigenvalue weighted by molar-refractivity contribution is 0.313. The summed E-state index contributed by atoms with van der Waals surface area (Å²) in [5.74, 6) is 0.338. The van der Waals surface area contributed by atoms with Crippen molar-refractivity contribution >= 4 is 30.1 Å². The molecule has 6 heteroatoms. The first-order valence-corrected chi connectivity index (χ1v) is 6.76. The van der Waals surface area contributed by atoms with E-state index in [4.69, 9.17) is 16.1 Å². The normalized spacial score (nSPS) is 14.9. The smallest absolute Gasteiger partial charge is 0.377 e. The molecule has 0 aliphatic carbocycles. The van der Waals surface area contributed by atoms with Gasteiger partial charge in [-0.2, -0.15) is 0 Å². The zero-order valence-electron chi connectivity index (χ0n) is 7.73. The van der Waals surface area contributed by atoms with Crippen LogP contribution in [0.3, 0.4) is 0 Å². The monoisotopic (exact) mass is 252 g/mol. The van der Waals surface area contributed by atoms with Crippen LogP contribution in [0, 0.1) is 6.92 Å². The van der Waals surface area contributed by atoms with Crippen LogP contribution < -0.4 is 4.52 Å². The minimum Gasteiger partial charge on any atom is -0.423 e. The molecule has 1 N–H and O–H groups in total. The van der Waals surface area contributed by atoms with Gasteiger partial charge in [-0.15, -0.1) is 0 Å². The van der Waals surface area contributed by atoms with Crippen molar-refractivity contribution in [3.63, 3.8) is 0 Å². The molecule has 0 radical (unpaired) electrons. The topological polar surface area (TPSA) is 38.7 Å². The highest BCUT2D eigenvalue weighted by molar-refractivity contribution is 8.07. The number of hydrogen-bond donors (Lipinski definition) is 1. The van der Waals surface area contributed by atoms with Crippen molar-refractivity contribution in [3.8, 4) is 5.75 Å². The first-order valence-electron chi connectivity index (χ1n) is 3.79. The molecule has 0 amide bonds. The quantitative estimate of drug-likeness (QED) is 0.840. The van der Waals surface area contributed by atoms with Crippen LogP contribution in [-0.4, -0.2) is 12.0 Å². The molecule has 14 heavy (non-hydrogen) atoms. The Hall–Kier alpha value is -0.120. The van der Waals surface area contributed by atoms with Crippen LogP contribution in [0.2, 0.25) is 5.02 Å². The fourth-order valence-corrected chi connectivity index (χ4v) is 1.89. The minimum atomic E-state index is -3.19. The van der Waals surface area contributed by atoms with Crippen molar-refractivity contribution < 1.29 is 13.9 Å². The molecule has 0 aliphatic rings. The van der Waals surface area contributed by atoms with Gasteiger partial charge in [0, 0.05) is 18.9 Å². The maximum atomic E-state index is 9.39. The van der Waals surface area contributed by atoms with E-state index in [0.717, 1.165) is 5.56 Å². The molecule has 1 atom stereocenters. The van der Waals surface area contributed by atoms with Gasteiger partial charge in [0.25, 0.3) is 0 Å². The molecule has 3 nitrogen and oxygen atoms in total.